The maximum Gasteiger partial charge on any atom is 0.416 e. The largest absolute Gasteiger partial charge is 0.493 e. The van der Waals surface area contributed by atoms with Crippen molar-refractivity contribution in [2.45, 2.75) is 20.0 Å². The van der Waals surface area contributed by atoms with Gasteiger partial charge in [-0.15, -0.1) is 0 Å². The normalized spacial score (nSPS) is 11.4. The van der Waals surface area contributed by atoms with Crippen LogP contribution in [0.25, 0.3) is 6.08 Å². The highest BCUT2D eigenvalue weighted by atomic mass is 127. The lowest BCUT2D eigenvalue weighted by atomic mass is 10.1. The van der Waals surface area contributed by atoms with E-state index >= 15 is 0 Å². The SMILES string of the molecule is COc1cc(/C=C(\C#N)C(=O)Nc2cccc(C(F)(F)F)c2)cc(I)c1OCC(=O)Nc1cc(C)ccc1C. The predicted molar refractivity (Wildman–Crippen MR) is 149 cm³/mol. The van der Waals surface area contributed by atoms with Crippen LogP contribution in [0.4, 0.5) is 24.5 Å². The average Bonchev–Trinajstić information content (AvgIpc) is 2.88. The maximum absolute atomic E-state index is 13.0. The second kappa shape index (κ2) is 12.7. The van der Waals surface area contributed by atoms with Gasteiger partial charge in [0.15, 0.2) is 18.1 Å². The second-order valence-corrected chi connectivity index (χ2v) is 9.55. The van der Waals surface area contributed by atoms with E-state index in [4.69, 9.17) is 9.47 Å². The van der Waals surface area contributed by atoms with Gasteiger partial charge in [0, 0.05) is 11.4 Å². The van der Waals surface area contributed by atoms with Crippen LogP contribution < -0.4 is 20.1 Å². The van der Waals surface area contributed by atoms with Crippen molar-refractivity contribution in [2.75, 3.05) is 24.4 Å². The number of aryl methyl sites for hydroxylation is 2. The van der Waals surface area contributed by atoms with Crippen molar-refractivity contribution < 1.29 is 32.2 Å². The fourth-order valence-corrected chi connectivity index (χ4v) is 4.23. The minimum Gasteiger partial charge on any atom is -0.493 e. The van der Waals surface area contributed by atoms with Crippen molar-refractivity contribution in [3.8, 4) is 17.6 Å². The number of hydrogen-bond acceptors (Lipinski definition) is 5. The molecule has 0 aliphatic carbocycles. The zero-order valence-corrected chi connectivity index (χ0v) is 23.2. The second-order valence-electron chi connectivity index (χ2n) is 8.39. The number of amides is 2. The summed E-state index contributed by atoms with van der Waals surface area (Å²) in [5.74, 6) is -0.709. The average molecular weight is 649 g/mol. The van der Waals surface area contributed by atoms with Crippen LogP contribution in [0.3, 0.4) is 0 Å². The van der Waals surface area contributed by atoms with Crippen molar-refractivity contribution in [1.29, 1.82) is 5.26 Å². The first-order valence-electron chi connectivity index (χ1n) is 11.4. The van der Waals surface area contributed by atoms with Gasteiger partial charge < -0.3 is 20.1 Å². The van der Waals surface area contributed by atoms with Gasteiger partial charge in [-0.2, -0.15) is 18.4 Å². The van der Waals surface area contributed by atoms with Gasteiger partial charge in [-0.1, -0.05) is 18.2 Å². The van der Waals surface area contributed by atoms with E-state index in [9.17, 15) is 28.0 Å². The number of nitrogens with one attached hydrogen (secondary N) is 2. The molecule has 0 saturated carbocycles. The van der Waals surface area contributed by atoms with E-state index in [1.54, 1.807) is 12.1 Å². The molecule has 3 aromatic rings. The number of benzene rings is 3. The van der Waals surface area contributed by atoms with Gasteiger partial charge in [0.2, 0.25) is 0 Å². The first-order chi connectivity index (χ1) is 18.4. The Morgan fingerprint density at radius 1 is 1.08 bits per heavy atom. The summed E-state index contributed by atoms with van der Waals surface area (Å²) in [6.45, 7) is 3.50. The van der Waals surface area contributed by atoms with Gasteiger partial charge in [0.1, 0.15) is 11.6 Å². The molecule has 0 heterocycles. The van der Waals surface area contributed by atoms with Crippen molar-refractivity contribution >= 4 is 51.9 Å². The first-order valence-corrected chi connectivity index (χ1v) is 12.5. The number of methoxy groups -OCH3 is 1. The van der Waals surface area contributed by atoms with Crippen molar-refractivity contribution in [1.82, 2.24) is 0 Å². The summed E-state index contributed by atoms with van der Waals surface area (Å²) in [5.41, 5.74) is 1.61. The quantitative estimate of drug-likeness (QED) is 0.165. The van der Waals surface area contributed by atoms with E-state index in [-0.39, 0.29) is 29.5 Å². The molecule has 11 heteroatoms. The number of nitriles is 1. The number of alkyl halides is 3. The summed E-state index contributed by atoms with van der Waals surface area (Å²) in [6.07, 6.45) is -3.31. The van der Waals surface area contributed by atoms with Crippen LogP contribution in [0, 0.1) is 28.7 Å². The third-order valence-corrected chi connectivity index (χ3v) is 6.19. The highest BCUT2D eigenvalue weighted by Crippen LogP contribution is 2.35. The predicted octanol–water partition coefficient (Wildman–Crippen LogP) is 6.50. The van der Waals surface area contributed by atoms with E-state index < -0.39 is 17.6 Å². The molecule has 0 aromatic heterocycles. The number of ether oxygens (including phenoxy) is 2. The summed E-state index contributed by atoms with van der Waals surface area (Å²) in [7, 11) is 1.40. The van der Waals surface area contributed by atoms with Gasteiger partial charge in [-0.3, -0.25) is 9.59 Å². The Labute approximate surface area is 236 Å². The molecule has 202 valence electrons. The van der Waals surface area contributed by atoms with Crippen LogP contribution in [0.1, 0.15) is 22.3 Å². The molecule has 0 radical (unpaired) electrons. The molecule has 39 heavy (non-hydrogen) atoms. The number of anilines is 2. The summed E-state index contributed by atoms with van der Waals surface area (Å²) < 4.78 is 50.5. The molecule has 0 fully saturated rings. The zero-order valence-electron chi connectivity index (χ0n) is 21.1. The van der Waals surface area contributed by atoms with E-state index in [0.717, 1.165) is 29.3 Å². The molecular weight excluding hydrogens is 626 g/mol. The number of nitrogens with zero attached hydrogens (tertiary/aromatic N) is 1. The van der Waals surface area contributed by atoms with Gasteiger partial charge >= 0.3 is 6.18 Å². The summed E-state index contributed by atoms with van der Waals surface area (Å²) >= 11 is 1.96. The molecule has 0 unspecified atom stereocenters. The van der Waals surface area contributed by atoms with E-state index in [1.807, 2.05) is 54.6 Å². The van der Waals surface area contributed by atoms with Gasteiger partial charge in [0.25, 0.3) is 11.8 Å². The molecule has 2 amide bonds. The Hall–Kier alpha value is -4.05. The Morgan fingerprint density at radius 2 is 1.82 bits per heavy atom. The highest BCUT2D eigenvalue weighted by molar-refractivity contribution is 14.1. The molecule has 3 rings (SSSR count). The Bertz CT molecular complexity index is 1480. The third kappa shape index (κ3) is 7.97. The fraction of sp³-hybridized carbons (Fsp3) is 0.179. The standard InChI is InChI=1S/C28H23F3IN3O4/c1-16-7-8-17(2)23(9-16)35-25(36)15-39-26-22(32)11-18(12-24(26)38-3)10-19(14-33)27(37)34-21-6-4-5-20(13-21)28(29,30)31/h4-13H,15H2,1-3H3,(H,34,37)(H,35,36)/b19-10+. The third-order valence-electron chi connectivity index (χ3n) is 5.39. The van der Waals surface area contributed by atoms with Gasteiger partial charge in [0.05, 0.1) is 16.2 Å². The van der Waals surface area contributed by atoms with Crippen molar-refractivity contribution in [3.63, 3.8) is 0 Å². The smallest absolute Gasteiger partial charge is 0.416 e. The molecule has 2 N–H and O–H groups in total. The van der Waals surface area contributed by atoms with E-state index in [1.165, 1.54) is 25.3 Å². The molecule has 0 atom stereocenters. The Morgan fingerprint density at radius 3 is 2.49 bits per heavy atom. The number of hydrogen-bond donors (Lipinski definition) is 2. The van der Waals surface area contributed by atoms with Gasteiger partial charge in [-0.05, 0) is 95.6 Å². The minimum absolute atomic E-state index is 0.106. The Balaban J connectivity index is 1.76. The zero-order chi connectivity index (χ0) is 28.7. The summed E-state index contributed by atoms with van der Waals surface area (Å²) in [5, 5.41) is 14.6. The van der Waals surface area contributed by atoms with E-state index in [2.05, 4.69) is 10.6 Å². The highest BCUT2D eigenvalue weighted by Gasteiger charge is 2.30. The number of rotatable bonds is 8. The number of carbonyl (C=O) groups excluding carboxylic acids is 2. The monoisotopic (exact) mass is 649 g/mol. The maximum atomic E-state index is 13.0. The van der Waals surface area contributed by atoms with Crippen molar-refractivity contribution in [3.05, 3.63) is 86.0 Å². The molecule has 3 aromatic carbocycles. The summed E-state index contributed by atoms with van der Waals surface area (Å²) in [4.78, 5) is 25.1. The van der Waals surface area contributed by atoms with Crippen LogP contribution >= 0.6 is 22.6 Å². The molecule has 0 aliphatic heterocycles. The number of halogens is 4. The first kappa shape index (κ1) is 29.5. The molecular formula is C28H23F3IN3O4. The van der Waals surface area contributed by atoms with Gasteiger partial charge in [-0.25, -0.2) is 0 Å². The van der Waals surface area contributed by atoms with Crippen LogP contribution in [0.15, 0.2) is 60.2 Å². The topological polar surface area (TPSA) is 100 Å². The fourth-order valence-electron chi connectivity index (χ4n) is 3.44. The molecule has 0 saturated heterocycles. The summed E-state index contributed by atoms with van der Waals surface area (Å²) in [6, 6.07) is 14.7. The lowest BCUT2D eigenvalue weighted by molar-refractivity contribution is -0.137. The lowest BCUT2D eigenvalue weighted by Gasteiger charge is -2.14. The minimum atomic E-state index is -4.58. The van der Waals surface area contributed by atoms with Crippen molar-refractivity contribution in [2.24, 2.45) is 0 Å². The van der Waals surface area contributed by atoms with Crippen LogP contribution in [0.2, 0.25) is 0 Å². The molecule has 0 aliphatic rings. The number of carbonyl (C=O) groups is 2. The van der Waals surface area contributed by atoms with E-state index in [0.29, 0.717) is 20.6 Å². The molecule has 0 bridgehead atoms. The van der Waals surface area contributed by atoms with Crippen LogP contribution in [-0.4, -0.2) is 25.5 Å². The lowest BCUT2D eigenvalue weighted by Crippen LogP contribution is -2.21. The van der Waals surface area contributed by atoms with Crippen LogP contribution in [0.5, 0.6) is 11.5 Å². The Kier molecular flexibility index (Phi) is 9.58. The molecule has 0 spiro atoms. The van der Waals surface area contributed by atoms with Crippen LogP contribution in [-0.2, 0) is 15.8 Å². The molecule has 7 nitrogen and oxygen atoms in total.